The number of benzene rings is 1. The largest absolute Gasteiger partial charge is 0.382 e. The normalized spacial score (nSPS) is 17.3. The standard InChI is InChI=1S/C15H16N4/c1-10-8-11-4-2-3-5-14(11)19(10)12-6-7-13(15(16)17)18-9-12/h2-7,9-10H,8H2,1H3,(H3,16,17). The van der Waals surface area contributed by atoms with E-state index in [9.17, 15) is 0 Å². The Kier molecular flexibility index (Phi) is 2.71. The van der Waals surface area contributed by atoms with Crippen molar-refractivity contribution in [1.82, 2.24) is 4.98 Å². The van der Waals surface area contributed by atoms with Gasteiger partial charge in [0.05, 0.1) is 11.9 Å². The molecule has 1 unspecified atom stereocenters. The van der Waals surface area contributed by atoms with Crippen LogP contribution in [0.5, 0.6) is 0 Å². The number of nitrogens with two attached hydrogens (primary N) is 1. The molecular formula is C15H16N4. The molecule has 96 valence electrons. The van der Waals surface area contributed by atoms with Gasteiger partial charge in [0.2, 0.25) is 0 Å². The molecule has 0 bridgehead atoms. The number of hydrogen-bond donors (Lipinski definition) is 2. The summed E-state index contributed by atoms with van der Waals surface area (Å²) in [5.41, 5.74) is 9.60. The van der Waals surface area contributed by atoms with Gasteiger partial charge in [0.25, 0.3) is 0 Å². The molecule has 0 saturated heterocycles. The first-order chi connectivity index (χ1) is 9.16. The molecule has 1 aliphatic rings. The van der Waals surface area contributed by atoms with Crippen LogP contribution in [0.3, 0.4) is 0 Å². The van der Waals surface area contributed by atoms with E-state index >= 15 is 0 Å². The van der Waals surface area contributed by atoms with Crippen LogP contribution in [0.15, 0.2) is 42.6 Å². The highest BCUT2D eigenvalue weighted by atomic mass is 15.2. The summed E-state index contributed by atoms with van der Waals surface area (Å²) >= 11 is 0. The predicted octanol–water partition coefficient (Wildman–Crippen LogP) is 2.45. The third-order valence-electron chi connectivity index (χ3n) is 3.51. The zero-order chi connectivity index (χ0) is 13.4. The molecule has 1 aromatic heterocycles. The van der Waals surface area contributed by atoms with Crippen molar-refractivity contribution in [2.45, 2.75) is 19.4 Å². The van der Waals surface area contributed by atoms with Crippen molar-refractivity contribution in [3.8, 4) is 0 Å². The van der Waals surface area contributed by atoms with Gasteiger partial charge in [0.15, 0.2) is 0 Å². The summed E-state index contributed by atoms with van der Waals surface area (Å²) in [7, 11) is 0. The number of amidine groups is 1. The Morgan fingerprint density at radius 1 is 1.32 bits per heavy atom. The van der Waals surface area contributed by atoms with Gasteiger partial charge < -0.3 is 10.6 Å². The van der Waals surface area contributed by atoms with Gasteiger partial charge in [-0.3, -0.25) is 10.4 Å². The Hall–Kier alpha value is -2.36. The fourth-order valence-corrected chi connectivity index (χ4v) is 2.65. The van der Waals surface area contributed by atoms with Gasteiger partial charge in [-0.2, -0.15) is 0 Å². The molecule has 1 aliphatic heterocycles. The Morgan fingerprint density at radius 3 is 2.79 bits per heavy atom. The minimum Gasteiger partial charge on any atom is -0.382 e. The Bertz CT molecular complexity index is 618. The summed E-state index contributed by atoms with van der Waals surface area (Å²) < 4.78 is 0. The molecule has 0 radical (unpaired) electrons. The first kappa shape index (κ1) is 11.7. The van der Waals surface area contributed by atoms with Crippen LogP contribution in [0.25, 0.3) is 0 Å². The van der Waals surface area contributed by atoms with Gasteiger partial charge in [-0.05, 0) is 37.1 Å². The zero-order valence-corrected chi connectivity index (χ0v) is 10.8. The van der Waals surface area contributed by atoms with E-state index in [1.807, 2.05) is 6.07 Å². The molecule has 0 saturated carbocycles. The maximum atomic E-state index is 7.37. The van der Waals surface area contributed by atoms with Gasteiger partial charge in [-0.1, -0.05) is 18.2 Å². The van der Waals surface area contributed by atoms with Crippen LogP contribution in [0.4, 0.5) is 11.4 Å². The minimum absolute atomic E-state index is 0.00132. The summed E-state index contributed by atoms with van der Waals surface area (Å²) in [6, 6.07) is 12.6. The van der Waals surface area contributed by atoms with Crippen molar-refractivity contribution in [2.75, 3.05) is 4.90 Å². The Labute approximate surface area is 112 Å². The van der Waals surface area contributed by atoms with Crippen molar-refractivity contribution in [1.29, 1.82) is 5.41 Å². The maximum absolute atomic E-state index is 7.37. The monoisotopic (exact) mass is 252 g/mol. The van der Waals surface area contributed by atoms with Crippen LogP contribution in [0, 0.1) is 5.41 Å². The van der Waals surface area contributed by atoms with E-state index in [0.717, 1.165) is 12.1 Å². The molecule has 4 heteroatoms. The van der Waals surface area contributed by atoms with Crippen LogP contribution in [-0.4, -0.2) is 16.9 Å². The summed E-state index contributed by atoms with van der Waals surface area (Å²) in [5.74, 6) is 0.00132. The third kappa shape index (κ3) is 1.95. The van der Waals surface area contributed by atoms with E-state index in [0.29, 0.717) is 11.7 Å². The second kappa shape index (κ2) is 4.39. The average Bonchev–Trinajstić information content (AvgIpc) is 2.74. The van der Waals surface area contributed by atoms with E-state index in [-0.39, 0.29) is 5.84 Å². The van der Waals surface area contributed by atoms with Gasteiger partial charge in [0.1, 0.15) is 11.5 Å². The van der Waals surface area contributed by atoms with E-state index in [2.05, 4.69) is 41.1 Å². The smallest absolute Gasteiger partial charge is 0.141 e. The molecule has 0 spiro atoms. The van der Waals surface area contributed by atoms with Gasteiger partial charge >= 0.3 is 0 Å². The average molecular weight is 252 g/mol. The molecule has 1 atom stereocenters. The lowest BCUT2D eigenvalue weighted by atomic mass is 10.1. The fraction of sp³-hybridized carbons (Fsp3) is 0.200. The molecular weight excluding hydrogens is 236 g/mol. The number of nitrogen functional groups attached to an aromatic ring is 1. The van der Waals surface area contributed by atoms with Crippen LogP contribution in [0.2, 0.25) is 0 Å². The highest BCUT2D eigenvalue weighted by Crippen LogP contribution is 2.37. The first-order valence-electron chi connectivity index (χ1n) is 6.34. The maximum Gasteiger partial charge on any atom is 0.141 e. The summed E-state index contributed by atoms with van der Waals surface area (Å²) in [6.07, 6.45) is 2.83. The lowest BCUT2D eigenvalue weighted by Gasteiger charge is -2.24. The van der Waals surface area contributed by atoms with Crippen molar-refractivity contribution < 1.29 is 0 Å². The number of fused-ring (bicyclic) bond motifs is 1. The zero-order valence-electron chi connectivity index (χ0n) is 10.8. The topological polar surface area (TPSA) is 66.0 Å². The molecule has 0 aliphatic carbocycles. The third-order valence-corrected chi connectivity index (χ3v) is 3.51. The van der Waals surface area contributed by atoms with Crippen LogP contribution in [-0.2, 0) is 6.42 Å². The molecule has 3 rings (SSSR count). The molecule has 3 N–H and O–H groups in total. The van der Waals surface area contributed by atoms with Crippen LogP contribution >= 0.6 is 0 Å². The van der Waals surface area contributed by atoms with E-state index in [1.54, 1.807) is 12.3 Å². The molecule has 2 aromatic rings. The first-order valence-corrected chi connectivity index (χ1v) is 6.34. The lowest BCUT2D eigenvalue weighted by molar-refractivity contribution is 0.757. The van der Waals surface area contributed by atoms with Crippen LogP contribution < -0.4 is 10.6 Å². The number of aromatic nitrogens is 1. The Morgan fingerprint density at radius 2 is 2.11 bits per heavy atom. The molecule has 19 heavy (non-hydrogen) atoms. The number of pyridine rings is 1. The number of para-hydroxylation sites is 1. The summed E-state index contributed by atoms with van der Waals surface area (Å²) in [6.45, 7) is 2.21. The second-order valence-electron chi connectivity index (χ2n) is 4.87. The molecule has 0 fully saturated rings. The lowest BCUT2D eigenvalue weighted by Crippen LogP contribution is -2.24. The van der Waals surface area contributed by atoms with E-state index < -0.39 is 0 Å². The highest BCUT2D eigenvalue weighted by Gasteiger charge is 2.26. The van der Waals surface area contributed by atoms with Crippen LogP contribution in [0.1, 0.15) is 18.2 Å². The number of nitrogens with zero attached hydrogens (tertiary/aromatic N) is 2. The van der Waals surface area contributed by atoms with Gasteiger partial charge in [-0.25, -0.2) is 0 Å². The van der Waals surface area contributed by atoms with Gasteiger partial charge in [-0.15, -0.1) is 0 Å². The number of nitrogens with one attached hydrogen (secondary N) is 1. The van der Waals surface area contributed by atoms with Crippen molar-refractivity contribution >= 4 is 17.2 Å². The van der Waals surface area contributed by atoms with Crippen molar-refractivity contribution in [3.05, 3.63) is 53.9 Å². The van der Waals surface area contributed by atoms with E-state index in [1.165, 1.54) is 11.3 Å². The Balaban J connectivity index is 2.00. The fourth-order valence-electron chi connectivity index (χ4n) is 2.65. The quantitative estimate of drug-likeness (QED) is 0.637. The number of anilines is 2. The molecule has 4 nitrogen and oxygen atoms in total. The van der Waals surface area contributed by atoms with E-state index in [4.69, 9.17) is 11.1 Å². The number of hydrogen-bond acceptors (Lipinski definition) is 3. The van der Waals surface area contributed by atoms with Gasteiger partial charge in [0, 0.05) is 11.7 Å². The summed E-state index contributed by atoms with van der Waals surface area (Å²) in [5, 5.41) is 7.37. The SMILES string of the molecule is CC1Cc2ccccc2N1c1ccc(C(=N)N)nc1. The number of rotatable bonds is 2. The highest BCUT2D eigenvalue weighted by molar-refractivity contribution is 5.93. The molecule has 2 heterocycles. The minimum atomic E-state index is 0.00132. The van der Waals surface area contributed by atoms with Crippen molar-refractivity contribution in [2.24, 2.45) is 5.73 Å². The predicted molar refractivity (Wildman–Crippen MR) is 77.0 cm³/mol. The molecule has 1 aromatic carbocycles. The summed E-state index contributed by atoms with van der Waals surface area (Å²) in [4.78, 5) is 6.52. The molecule has 0 amide bonds. The second-order valence-corrected chi connectivity index (χ2v) is 4.87. The van der Waals surface area contributed by atoms with Crippen molar-refractivity contribution in [3.63, 3.8) is 0 Å².